The average molecular weight is 269 g/mol. The average Bonchev–Trinajstić information content (AvgIpc) is 2.24. The SMILES string of the molecule is CC(C)Oc1ccc(S(=O)(=O)CC2CNC2)cc1. The van der Waals surface area contributed by atoms with Gasteiger partial charge >= 0.3 is 0 Å². The van der Waals surface area contributed by atoms with Crippen LogP contribution in [0.1, 0.15) is 13.8 Å². The van der Waals surface area contributed by atoms with Crippen LogP contribution in [0.25, 0.3) is 0 Å². The molecule has 2 rings (SSSR count). The Labute approximate surface area is 108 Å². The Balaban J connectivity index is 2.07. The van der Waals surface area contributed by atoms with Crippen molar-refractivity contribution in [3.8, 4) is 5.75 Å². The molecule has 1 aliphatic heterocycles. The number of hydrogen-bond donors (Lipinski definition) is 1. The first kappa shape index (κ1) is 13.4. The lowest BCUT2D eigenvalue weighted by Gasteiger charge is -2.26. The molecule has 0 aromatic heterocycles. The van der Waals surface area contributed by atoms with Crippen LogP contribution in [0.2, 0.25) is 0 Å². The van der Waals surface area contributed by atoms with Crippen LogP contribution in [0.4, 0.5) is 0 Å². The van der Waals surface area contributed by atoms with E-state index in [0.29, 0.717) is 10.6 Å². The maximum absolute atomic E-state index is 12.1. The second kappa shape index (κ2) is 5.28. The van der Waals surface area contributed by atoms with E-state index >= 15 is 0 Å². The van der Waals surface area contributed by atoms with Crippen molar-refractivity contribution in [2.45, 2.75) is 24.8 Å². The maximum Gasteiger partial charge on any atom is 0.178 e. The van der Waals surface area contributed by atoms with Crippen LogP contribution in [0.15, 0.2) is 29.2 Å². The van der Waals surface area contributed by atoms with Crippen molar-refractivity contribution in [3.05, 3.63) is 24.3 Å². The molecule has 1 fully saturated rings. The van der Waals surface area contributed by atoms with Gasteiger partial charge < -0.3 is 10.1 Å². The molecule has 1 heterocycles. The Morgan fingerprint density at radius 3 is 2.33 bits per heavy atom. The highest BCUT2D eigenvalue weighted by Gasteiger charge is 2.25. The van der Waals surface area contributed by atoms with Crippen LogP contribution in [0.3, 0.4) is 0 Å². The first-order valence-corrected chi connectivity index (χ1v) is 7.83. The Bertz CT molecular complexity index is 489. The third-order valence-electron chi connectivity index (χ3n) is 2.88. The van der Waals surface area contributed by atoms with Crippen LogP contribution in [0, 0.1) is 5.92 Å². The molecule has 5 heteroatoms. The summed E-state index contributed by atoms with van der Waals surface area (Å²) in [7, 11) is -3.16. The summed E-state index contributed by atoms with van der Waals surface area (Å²) >= 11 is 0. The summed E-state index contributed by atoms with van der Waals surface area (Å²) in [6.45, 7) is 5.48. The van der Waals surface area contributed by atoms with Gasteiger partial charge in [-0.1, -0.05) is 0 Å². The van der Waals surface area contributed by atoms with Crippen molar-refractivity contribution in [3.63, 3.8) is 0 Å². The number of nitrogens with one attached hydrogen (secondary N) is 1. The summed E-state index contributed by atoms with van der Waals surface area (Å²) < 4.78 is 29.7. The van der Waals surface area contributed by atoms with Crippen LogP contribution < -0.4 is 10.1 Å². The van der Waals surface area contributed by atoms with Gasteiger partial charge in [0.1, 0.15) is 5.75 Å². The van der Waals surface area contributed by atoms with E-state index in [9.17, 15) is 8.42 Å². The van der Waals surface area contributed by atoms with Crippen molar-refractivity contribution >= 4 is 9.84 Å². The Hall–Kier alpha value is -1.07. The van der Waals surface area contributed by atoms with Gasteiger partial charge in [-0.15, -0.1) is 0 Å². The van der Waals surface area contributed by atoms with Gasteiger partial charge in [-0.25, -0.2) is 8.42 Å². The van der Waals surface area contributed by atoms with Gasteiger partial charge in [-0.2, -0.15) is 0 Å². The lowest BCUT2D eigenvalue weighted by atomic mass is 10.1. The highest BCUT2D eigenvalue weighted by atomic mass is 32.2. The molecule has 0 bridgehead atoms. The normalized spacial score (nSPS) is 16.6. The Morgan fingerprint density at radius 2 is 1.89 bits per heavy atom. The van der Waals surface area contributed by atoms with Crippen molar-refractivity contribution in [1.82, 2.24) is 5.32 Å². The number of sulfone groups is 1. The molecule has 1 aliphatic rings. The maximum atomic E-state index is 12.1. The van der Waals surface area contributed by atoms with E-state index in [0.717, 1.165) is 13.1 Å². The molecule has 0 saturated carbocycles. The molecular formula is C13H19NO3S. The van der Waals surface area contributed by atoms with E-state index in [1.54, 1.807) is 24.3 Å². The quantitative estimate of drug-likeness (QED) is 0.879. The van der Waals surface area contributed by atoms with Crippen LogP contribution in [0.5, 0.6) is 5.75 Å². The van der Waals surface area contributed by atoms with Gasteiger partial charge in [0.25, 0.3) is 0 Å². The molecule has 1 aromatic carbocycles. The topological polar surface area (TPSA) is 55.4 Å². The van der Waals surface area contributed by atoms with Crippen LogP contribution >= 0.6 is 0 Å². The smallest absolute Gasteiger partial charge is 0.178 e. The molecule has 0 spiro atoms. The molecule has 0 atom stereocenters. The lowest BCUT2D eigenvalue weighted by molar-refractivity contribution is 0.242. The largest absolute Gasteiger partial charge is 0.491 e. The van der Waals surface area contributed by atoms with Crippen molar-refractivity contribution < 1.29 is 13.2 Å². The number of hydrogen-bond acceptors (Lipinski definition) is 4. The second-order valence-corrected chi connectivity index (χ2v) is 6.98. The molecule has 0 amide bonds. The first-order valence-electron chi connectivity index (χ1n) is 6.17. The molecule has 18 heavy (non-hydrogen) atoms. The molecule has 1 saturated heterocycles. The zero-order valence-electron chi connectivity index (χ0n) is 10.7. The fourth-order valence-corrected chi connectivity index (χ4v) is 3.47. The molecule has 4 nitrogen and oxygen atoms in total. The summed E-state index contributed by atoms with van der Waals surface area (Å²) in [4.78, 5) is 0.380. The van der Waals surface area contributed by atoms with Gasteiger partial charge in [0.2, 0.25) is 0 Å². The Morgan fingerprint density at radius 1 is 1.28 bits per heavy atom. The summed E-state index contributed by atoms with van der Waals surface area (Å²) in [5.74, 6) is 1.18. The molecule has 1 aromatic rings. The van der Waals surface area contributed by atoms with E-state index in [4.69, 9.17) is 4.74 Å². The summed E-state index contributed by atoms with van der Waals surface area (Å²) in [5.41, 5.74) is 0. The fourth-order valence-electron chi connectivity index (χ4n) is 1.87. The predicted molar refractivity (Wildman–Crippen MR) is 70.6 cm³/mol. The minimum atomic E-state index is -3.16. The van der Waals surface area contributed by atoms with E-state index in [1.165, 1.54) is 0 Å². The Kier molecular flexibility index (Phi) is 3.92. The lowest BCUT2D eigenvalue weighted by Crippen LogP contribution is -2.45. The fraction of sp³-hybridized carbons (Fsp3) is 0.538. The van der Waals surface area contributed by atoms with Gasteiger partial charge in [-0.05, 0) is 44.0 Å². The van der Waals surface area contributed by atoms with Crippen LogP contribution in [-0.4, -0.2) is 33.4 Å². The number of ether oxygens (including phenoxy) is 1. The molecule has 1 N–H and O–H groups in total. The molecule has 0 radical (unpaired) electrons. The highest BCUT2D eigenvalue weighted by Crippen LogP contribution is 2.20. The summed E-state index contributed by atoms with van der Waals surface area (Å²) in [6, 6.07) is 6.68. The van der Waals surface area contributed by atoms with E-state index in [2.05, 4.69) is 5.32 Å². The van der Waals surface area contributed by atoms with Crippen molar-refractivity contribution in [2.24, 2.45) is 5.92 Å². The van der Waals surface area contributed by atoms with Gasteiger partial charge in [0.05, 0.1) is 16.8 Å². The molecule has 0 aliphatic carbocycles. The molecule has 0 unspecified atom stereocenters. The monoisotopic (exact) mass is 269 g/mol. The van der Waals surface area contributed by atoms with E-state index in [-0.39, 0.29) is 17.8 Å². The summed E-state index contributed by atoms with van der Waals surface area (Å²) in [6.07, 6.45) is 0.0912. The van der Waals surface area contributed by atoms with Gasteiger partial charge in [0, 0.05) is 13.1 Å². The zero-order chi connectivity index (χ0) is 13.2. The zero-order valence-corrected chi connectivity index (χ0v) is 11.5. The first-order chi connectivity index (χ1) is 8.47. The van der Waals surface area contributed by atoms with E-state index < -0.39 is 9.84 Å². The minimum Gasteiger partial charge on any atom is -0.491 e. The van der Waals surface area contributed by atoms with Gasteiger partial charge in [-0.3, -0.25) is 0 Å². The molecular weight excluding hydrogens is 250 g/mol. The third-order valence-corrected chi connectivity index (χ3v) is 4.78. The standard InChI is InChI=1S/C13H19NO3S/c1-10(2)17-12-3-5-13(6-4-12)18(15,16)9-11-7-14-8-11/h3-6,10-11,14H,7-9H2,1-2H3. The third kappa shape index (κ3) is 3.23. The van der Waals surface area contributed by atoms with E-state index in [1.807, 2.05) is 13.8 Å². The second-order valence-electron chi connectivity index (χ2n) is 4.94. The van der Waals surface area contributed by atoms with Gasteiger partial charge in [0.15, 0.2) is 9.84 Å². The predicted octanol–water partition coefficient (Wildman–Crippen LogP) is 1.47. The minimum absolute atomic E-state index is 0.0912. The summed E-state index contributed by atoms with van der Waals surface area (Å²) in [5, 5.41) is 3.08. The van der Waals surface area contributed by atoms with Crippen LogP contribution in [-0.2, 0) is 9.84 Å². The number of rotatable bonds is 5. The number of benzene rings is 1. The highest BCUT2D eigenvalue weighted by molar-refractivity contribution is 7.91. The van der Waals surface area contributed by atoms with Crippen molar-refractivity contribution in [1.29, 1.82) is 0 Å². The molecule has 100 valence electrons. The van der Waals surface area contributed by atoms with Crippen molar-refractivity contribution in [2.75, 3.05) is 18.8 Å².